The minimum Gasteiger partial charge on any atom is -0.507 e. The first-order valence-electron chi connectivity index (χ1n) is 13.2. The number of unbranched alkanes of at least 4 members (excludes halogenated alkanes) is 2. The highest BCUT2D eigenvalue weighted by Crippen LogP contribution is 2.45. The summed E-state index contributed by atoms with van der Waals surface area (Å²) >= 11 is 0. The Bertz CT molecular complexity index is 1550. The van der Waals surface area contributed by atoms with E-state index in [1.807, 2.05) is 42.1 Å². The maximum absolute atomic E-state index is 13.6. The van der Waals surface area contributed by atoms with Gasteiger partial charge in [0.25, 0.3) is 11.7 Å². The molecule has 4 aromatic rings. The first kappa shape index (κ1) is 26.1. The standard InChI is InChI=1S/C32H32N2O5/c1-4-5-8-18-39-23-16-14-21(15-17-23)30(35)28-29(26-20-33(2)27-13-7-6-12-25(26)27)34(32(37)31(28)36)22-10-9-11-24(19-22)38-3/h6-7,9-17,19-20,29,35H,4-5,8,18H2,1-3H3/b30-28+. The van der Waals surface area contributed by atoms with Crippen molar-refractivity contribution in [1.82, 2.24) is 4.57 Å². The van der Waals surface area contributed by atoms with Crippen LogP contribution in [0, 0.1) is 0 Å². The van der Waals surface area contributed by atoms with E-state index in [-0.39, 0.29) is 11.3 Å². The van der Waals surface area contributed by atoms with Gasteiger partial charge in [-0.3, -0.25) is 14.5 Å². The minimum absolute atomic E-state index is 0.0378. The van der Waals surface area contributed by atoms with Crippen LogP contribution in [0.3, 0.4) is 0 Å². The predicted molar refractivity (Wildman–Crippen MR) is 152 cm³/mol. The van der Waals surface area contributed by atoms with Gasteiger partial charge in [-0.15, -0.1) is 0 Å². The quantitative estimate of drug-likeness (QED) is 0.119. The molecule has 0 aliphatic carbocycles. The van der Waals surface area contributed by atoms with Crippen LogP contribution < -0.4 is 14.4 Å². The molecule has 1 unspecified atom stereocenters. The van der Waals surface area contributed by atoms with E-state index < -0.39 is 17.7 Å². The van der Waals surface area contributed by atoms with E-state index in [1.165, 1.54) is 4.90 Å². The van der Waals surface area contributed by atoms with Gasteiger partial charge in [-0.1, -0.05) is 44.0 Å². The van der Waals surface area contributed by atoms with Gasteiger partial charge in [0.2, 0.25) is 0 Å². The third-order valence-electron chi connectivity index (χ3n) is 7.14. The number of anilines is 1. The van der Waals surface area contributed by atoms with Crippen LogP contribution in [0.25, 0.3) is 16.7 Å². The zero-order valence-corrected chi connectivity index (χ0v) is 22.4. The Labute approximate surface area is 227 Å². The summed E-state index contributed by atoms with van der Waals surface area (Å²) in [4.78, 5) is 28.6. The Morgan fingerprint density at radius 3 is 2.46 bits per heavy atom. The van der Waals surface area contributed by atoms with E-state index in [0.29, 0.717) is 29.4 Å². The number of ketones is 1. The predicted octanol–water partition coefficient (Wildman–Crippen LogP) is 6.38. The van der Waals surface area contributed by atoms with Crippen molar-refractivity contribution < 1.29 is 24.2 Å². The largest absolute Gasteiger partial charge is 0.507 e. The molecular formula is C32H32N2O5. The lowest BCUT2D eigenvalue weighted by molar-refractivity contribution is -0.132. The van der Waals surface area contributed by atoms with Crippen LogP contribution in [0.4, 0.5) is 5.69 Å². The van der Waals surface area contributed by atoms with Gasteiger partial charge < -0.3 is 19.1 Å². The smallest absolute Gasteiger partial charge is 0.300 e. The second-order valence-corrected chi connectivity index (χ2v) is 9.66. The zero-order valence-electron chi connectivity index (χ0n) is 22.4. The summed E-state index contributed by atoms with van der Waals surface area (Å²) in [6.45, 7) is 2.76. The normalized spacial score (nSPS) is 16.7. The second kappa shape index (κ2) is 11.1. The fourth-order valence-corrected chi connectivity index (χ4v) is 5.15. The van der Waals surface area contributed by atoms with Gasteiger partial charge in [-0.2, -0.15) is 0 Å². The van der Waals surface area contributed by atoms with Crippen molar-refractivity contribution in [2.75, 3.05) is 18.6 Å². The van der Waals surface area contributed by atoms with Gasteiger partial charge in [0, 0.05) is 47.0 Å². The highest BCUT2D eigenvalue weighted by Gasteiger charge is 2.48. The Hall–Kier alpha value is -4.52. The number of nitrogens with zero attached hydrogens (tertiary/aromatic N) is 2. The van der Waals surface area contributed by atoms with Crippen LogP contribution in [-0.2, 0) is 16.6 Å². The van der Waals surface area contributed by atoms with E-state index in [9.17, 15) is 14.7 Å². The number of carbonyl (C=O) groups excluding carboxylic acids is 2. The Morgan fingerprint density at radius 1 is 0.949 bits per heavy atom. The molecule has 2 heterocycles. The number of carbonyl (C=O) groups is 2. The number of fused-ring (bicyclic) bond motifs is 1. The molecule has 1 atom stereocenters. The topological polar surface area (TPSA) is 81.0 Å². The number of aryl methyl sites for hydroxylation is 1. The van der Waals surface area contributed by atoms with Crippen LogP contribution >= 0.6 is 0 Å². The molecule has 1 saturated heterocycles. The maximum Gasteiger partial charge on any atom is 0.300 e. The van der Waals surface area contributed by atoms with Crippen LogP contribution in [0.5, 0.6) is 11.5 Å². The molecule has 39 heavy (non-hydrogen) atoms. The highest BCUT2D eigenvalue weighted by atomic mass is 16.5. The van der Waals surface area contributed by atoms with Crippen LogP contribution in [0.15, 0.2) is 84.6 Å². The Kier molecular flexibility index (Phi) is 7.41. The third kappa shape index (κ3) is 4.88. The van der Waals surface area contributed by atoms with Crippen molar-refractivity contribution in [3.63, 3.8) is 0 Å². The van der Waals surface area contributed by atoms with Crippen molar-refractivity contribution in [3.05, 3.63) is 95.7 Å². The molecule has 1 aliphatic rings. The molecule has 1 aliphatic heterocycles. The number of benzene rings is 3. The fourth-order valence-electron chi connectivity index (χ4n) is 5.15. The highest BCUT2D eigenvalue weighted by molar-refractivity contribution is 6.52. The van der Waals surface area contributed by atoms with Crippen molar-refractivity contribution in [2.45, 2.75) is 32.2 Å². The molecule has 7 heteroatoms. The van der Waals surface area contributed by atoms with Gasteiger partial charge in [-0.05, 0) is 48.9 Å². The number of aliphatic hydroxyl groups excluding tert-OH is 1. The molecule has 0 spiro atoms. The second-order valence-electron chi connectivity index (χ2n) is 9.66. The number of Topliss-reactive ketones (excluding diaryl/α,β-unsaturated/α-hetero) is 1. The van der Waals surface area contributed by atoms with E-state index >= 15 is 0 Å². The van der Waals surface area contributed by atoms with Crippen LogP contribution in [-0.4, -0.2) is 35.1 Å². The lowest BCUT2D eigenvalue weighted by Crippen LogP contribution is -2.29. The zero-order chi connectivity index (χ0) is 27.5. The molecule has 1 aromatic heterocycles. The van der Waals surface area contributed by atoms with E-state index in [4.69, 9.17) is 9.47 Å². The molecule has 1 N–H and O–H groups in total. The maximum atomic E-state index is 13.6. The molecule has 3 aromatic carbocycles. The summed E-state index contributed by atoms with van der Waals surface area (Å²) in [6.07, 6.45) is 5.09. The molecule has 0 saturated carbocycles. The number of para-hydroxylation sites is 1. The van der Waals surface area contributed by atoms with Crippen molar-refractivity contribution >= 4 is 34.0 Å². The number of amides is 1. The molecule has 200 valence electrons. The lowest BCUT2D eigenvalue weighted by Gasteiger charge is -2.25. The van der Waals surface area contributed by atoms with Gasteiger partial charge >= 0.3 is 0 Å². The first-order chi connectivity index (χ1) is 18.9. The molecule has 0 radical (unpaired) electrons. The Morgan fingerprint density at radius 2 is 1.72 bits per heavy atom. The summed E-state index contributed by atoms with van der Waals surface area (Å²) in [5.74, 6) is -0.438. The number of aromatic nitrogens is 1. The monoisotopic (exact) mass is 524 g/mol. The van der Waals surface area contributed by atoms with Crippen LogP contribution in [0.2, 0.25) is 0 Å². The van der Waals surface area contributed by atoms with Crippen molar-refractivity contribution in [3.8, 4) is 11.5 Å². The average molecular weight is 525 g/mol. The number of hydrogen-bond acceptors (Lipinski definition) is 5. The van der Waals surface area contributed by atoms with E-state index in [2.05, 4.69) is 6.92 Å². The molecule has 7 nitrogen and oxygen atoms in total. The summed E-state index contributed by atoms with van der Waals surface area (Å²) < 4.78 is 13.2. The van der Waals surface area contributed by atoms with Gasteiger partial charge in [0.05, 0.1) is 25.3 Å². The van der Waals surface area contributed by atoms with Crippen molar-refractivity contribution in [1.29, 1.82) is 0 Å². The SMILES string of the molecule is CCCCCOc1ccc(/C(O)=C2\C(=O)C(=O)N(c3cccc(OC)c3)C2c2cn(C)c3ccccc23)cc1. The van der Waals surface area contributed by atoms with Crippen molar-refractivity contribution in [2.24, 2.45) is 7.05 Å². The van der Waals surface area contributed by atoms with E-state index in [1.54, 1.807) is 55.6 Å². The van der Waals surface area contributed by atoms with Gasteiger partial charge in [-0.25, -0.2) is 0 Å². The summed E-state index contributed by atoms with van der Waals surface area (Å²) in [5.41, 5.74) is 2.67. The Balaban J connectivity index is 1.63. The summed E-state index contributed by atoms with van der Waals surface area (Å²) in [5, 5.41) is 12.4. The number of methoxy groups -OCH3 is 1. The summed E-state index contributed by atoms with van der Waals surface area (Å²) in [7, 11) is 3.47. The van der Waals surface area contributed by atoms with E-state index in [0.717, 1.165) is 35.7 Å². The molecule has 1 fully saturated rings. The number of hydrogen-bond donors (Lipinski definition) is 1. The fraction of sp³-hybridized carbons (Fsp3) is 0.250. The average Bonchev–Trinajstić information content (AvgIpc) is 3.44. The van der Waals surface area contributed by atoms with Gasteiger partial charge in [0.15, 0.2) is 0 Å². The minimum atomic E-state index is -0.840. The lowest BCUT2D eigenvalue weighted by atomic mass is 9.94. The summed E-state index contributed by atoms with van der Waals surface area (Å²) in [6, 6.07) is 21.0. The molecule has 1 amide bonds. The number of aliphatic hydroxyl groups is 1. The third-order valence-corrected chi connectivity index (χ3v) is 7.14. The molecular weight excluding hydrogens is 492 g/mol. The first-order valence-corrected chi connectivity index (χ1v) is 13.2. The van der Waals surface area contributed by atoms with Crippen LogP contribution in [0.1, 0.15) is 43.4 Å². The number of rotatable bonds is 9. The molecule has 0 bridgehead atoms. The number of ether oxygens (including phenoxy) is 2. The van der Waals surface area contributed by atoms with Gasteiger partial charge in [0.1, 0.15) is 17.3 Å². The molecule has 5 rings (SSSR count).